The van der Waals surface area contributed by atoms with Crippen LogP contribution in [0.5, 0.6) is 11.5 Å². The number of unbranched alkanes of at least 4 members (excludes halogenated alkanes) is 22. The first-order valence-corrected chi connectivity index (χ1v) is 25.6. The van der Waals surface area contributed by atoms with Gasteiger partial charge >= 0.3 is 0 Å². The largest absolute Gasteiger partial charge is 0.494 e. The Balaban J connectivity index is 1.17. The molecule has 4 aromatic rings. The summed E-state index contributed by atoms with van der Waals surface area (Å²) in [6.45, 7) is 6.13. The number of benzene rings is 4. The molecule has 0 bridgehead atoms. The van der Waals surface area contributed by atoms with Gasteiger partial charge in [-0.2, -0.15) is 0 Å². The van der Waals surface area contributed by atoms with Crippen molar-refractivity contribution in [1.82, 2.24) is 0 Å². The molecule has 0 spiro atoms. The van der Waals surface area contributed by atoms with E-state index in [0.29, 0.717) is 0 Å². The fraction of sp³-hybridized carbons (Fsp3) is 0.500. The van der Waals surface area contributed by atoms with Crippen molar-refractivity contribution < 1.29 is 9.47 Å². The lowest BCUT2D eigenvalue weighted by molar-refractivity contribution is 0.304. The number of hydrogen-bond donors (Lipinski definition) is 0. The fourth-order valence-electron chi connectivity index (χ4n) is 8.53. The molecule has 5 rings (SSSR count). The molecular formula is C56H74Br2O2. The van der Waals surface area contributed by atoms with Gasteiger partial charge < -0.3 is 9.47 Å². The van der Waals surface area contributed by atoms with Crippen LogP contribution in [0.3, 0.4) is 0 Å². The van der Waals surface area contributed by atoms with E-state index < -0.39 is 0 Å². The number of hydrogen-bond acceptors (Lipinski definition) is 2. The van der Waals surface area contributed by atoms with Gasteiger partial charge in [-0.15, -0.1) is 0 Å². The summed E-state index contributed by atoms with van der Waals surface area (Å²) >= 11 is 7.35. The van der Waals surface area contributed by atoms with E-state index in [2.05, 4.69) is 143 Å². The van der Waals surface area contributed by atoms with Crippen molar-refractivity contribution in [1.29, 1.82) is 0 Å². The normalized spacial score (nSPS) is 12.6. The molecule has 0 saturated carbocycles. The molecule has 0 fully saturated rings. The summed E-state index contributed by atoms with van der Waals surface area (Å²) in [5.41, 5.74) is 9.92. The number of halogens is 2. The highest BCUT2D eigenvalue weighted by Gasteiger charge is 2.33. The molecule has 0 atom stereocenters. The van der Waals surface area contributed by atoms with Gasteiger partial charge in [-0.25, -0.2) is 0 Å². The maximum atomic E-state index is 6.26. The van der Waals surface area contributed by atoms with Crippen LogP contribution in [0.15, 0.2) is 106 Å². The molecule has 4 aromatic carbocycles. The molecule has 1 aliphatic rings. The minimum atomic E-state index is 0.775. The summed E-state index contributed by atoms with van der Waals surface area (Å²) in [5.74, 6) is 1.89. The maximum Gasteiger partial charge on any atom is 0.119 e. The predicted molar refractivity (Wildman–Crippen MR) is 268 cm³/mol. The van der Waals surface area contributed by atoms with E-state index in [0.717, 1.165) is 46.5 Å². The highest BCUT2D eigenvalue weighted by atomic mass is 79.9. The van der Waals surface area contributed by atoms with Gasteiger partial charge in [0.2, 0.25) is 0 Å². The van der Waals surface area contributed by atoms with Crippen LogP contribution >= 0.6 is 31.9 Å². The molecule has 4 heteroatoms. The number of ether oxygens (including phenoxy) is 2. The van der Waals surface area contributed by atoms with Crippen LogP contribution in [0.4, 0.5) is 0 Å². The lowest BCUT2D eigenvalue weighted by atomic mass is 9.69. The highest BCUT2D eigenvalue weighted by Crippen LogP contribution is 2.56. The number of allylic oxidation sites excluding steroid dienone is 4. The molecule has 60 heavy (non-hydrogen) atoms. The standard InChI is InChI=1S/C56H74Br2O2/c1-3-5-7-9-11-13-15-17-19-21-23-25-43-59-51-39-31-47(32-40-51)55-53(45-27-35-49(57)36-28-45)56(54(55)46-29-37-50(58)38-30-46)48-33-41-52(42-34-48)60-44-26-24-22-20-18-16-14-12-10-8-6-4-2/h27-42H,3-26,43-44H2,1-2H3. The zero-order valence-electron chi connectivity index (χ0n) is 37.2. The molecule has 0 unspecified atom stereocenters. The fourth-order valence-corrected chi connectivity index (χ4v) is 9.06. The van der Waals surface area contributed by atoms with Crippen LogP contribution in [0.25, 0.3) is 22.3 Å². The summed E-state index contributed by atoms with van der Waals surface area (Å²) in [6, 6.07) is 35.1. The second kappa shape index (κ2) is 28.5. The smallest absolute Gasteiger partial charge is 0.119 e. The summed E-state index contributed by atoms with van der Waals surface area (Å²) < 4.78 is 14.7. The van der Waals surface area contributed by atoms with E-state index in [-0.39, 0.29) is 0 Å². The van der Waals surface area contributed by atoms with Gasteiger partial charge in [-0.3, -0.25) is 0 Å². The Morgan fingerprint density at radius 1 is 0.283 bits per heavy atom. The topological polar surface area (TPSA) is 18.5 Å². The Morgan fingerprint density at radius 3 is 0.750 bits per heavy atom. The van der Waals surface area contributed by atoms with E-state index >= 15 is 0 Å². The Bertz CT molecular complexity index is 1670. The van der Waals surface area contributed by atoms with Crippen LogP contribution < -0.4 is 9.47 Å². The summed E-state index contributed by atoms with van der Waals surface area (Å²) in [6.07, 6.45) is 32.4. The lowest BCUT2D eigenvalue weighted by Crippen LogP contribution is -2.10. The Kier molecular flexibility index (Phi) is 22.8. The Morgan fingerprint density at radius 2 is 0.500 bits per heavy atom. The molecular weight excluding hydrogens is 864 g/mol. The zero-order chi connectivity index (χ0) is 42.0. The maximum absolute atomic E-state index is 6.26. The van der Waals surface area contributed by atoms with Gasteiger partial charge in [0.25, 0.3) is 0 Å². The van der Waals surface area contributed by atoms with Crippen LogP contribution in [0.1, 0.15) is 190 Å². The quantitative estimate of drug-likeness (QED) is 0.0454. The van der Waals surface area contributed by atoms with Crippen molar-refractivity contribution >= 4 is 54.2 Å². The lowest BCUT2D eigenvalue weighted by Gasteiger charge is -2.33. The van der Waals surface area contributed by atoms with Crippen molar-refractivity contribution in [3.63, 3.8) is 0 Å². The zero-order valence-corrected chi connectivity index (χ0v) is 40.4. The van der Waals surface area contributed by atoms with E-state index in [1.165, 1.54) is 186 Å². The average molecular weight is 939 g/mol. The second-order valence-electron chi connectivity index (χ2n) is 17.0. The predicted octanol–water partition coefficient (Wildman–Crippen LogP) is 18.9. The molecule has 324 valence electrons. The Hall–Kier alpha value is -3.08. The summed E-state index contributed by atoms with van der Waals surface area (Å²) in [5, 5.41) is 0. The van der Waals surface area contributed by atoms with Gasteiger partial charge in [0.1, 0.15) is 11.5 Å². The van der Waals surface area contributed by atoms with Crippen LogP contribution in [-0.2, 0) is 0 Å². The molecule has 0 aromatic heterocycles. The minimum Gasteiger partial charge on any atom is -0.494 e. The van der Waals surface area contributed by atoms with Crippen molar-refractivity contribution in [3.8, 4) is 11.5 Å². The van der Waals surface area contributed by atoms with Crippen molar-refractivity contribution in [2.24, 2.45) is 0 Å². The van der Waals surface area contributed by atoms with E-state index in [1.54, 1.807) is 0 Å². The monoisotopic (exact) mass is 936 g/mol. The van der Waals surface area contributed by atoms with Gasteiger partial charge in [-0.05, 0) is 106 Å². The average Bonchev–Trinajstić information content (AvgIpc) is 3.26. The first-order chi connectivity index (χ1) is 29.6. The molecule has 0 heterocycles. The third kappa shape index (κ3) is 16.3. The molecule has 0 amide bonds. The summed E-state index contributed by atoms with van der Waals surface area (Å²) in [7, 11) is 0. The van der Waals surface area contributed by atoms with Crippen molar-refractivity contribution in [2.45, 2.75) is 168 Å². The van der Waals surface area contributed by atoms with Gasteiger partial charge in [-0.1, -0.05) is 235 Å². The molecule has 0 aliphatic heterocycles. The highest BCUT2D eigenvalue weighted by molar-refractivity contribution is 9.10. The second-order valence-corrected chi connectivity index (χ2v) is 18.9. The molecule has 0 N–H and O–H groups in total. The molecule has 2 nitrogen and oxygen atoms in total. The molecule has 0 saturated heterocycles. The molecule has 1 aliphatic carbocycles. The van der Waals surface area contributed by atoms with Crippen LogP contribution in [0, 0.1) is 0 Å². The third-order valence-electron chi connectivity index (χ3n) is 12.1. The van der Waals surface area contributed by atoms with Crippen molar-refractivity contribution in [3.05, 3.63) is 128 Å². The van der Waals surface area contributed by atoms with Gasteiger partial charge in [0, 0.05) is 8.95 Å². The Labute approximate surface area is 382 Å². The van der Waals surface area contributed by atoms with E-state index in [4.69, 9.17) is 9.47 Å². The first kappa shape index (κ1) is 48.0. The van der Waals surface area contributed by atoms with Crippen LogP contribution in [0.2, 0.25) is 0 Å². The molecule has 0 radical (unpaired) electrons. The minimum absolute atomic E-state index is 0.775. The van der Waals surface area contributed by atoms with Gasteiger partial charge in [0.05, 0.1) is 13.2 Å². The first-order valence-electron chi connectivity index (χ1n) is 24.1. The SMILES string of the molecule is CCCCCCCCCCCCCCOc1ccc(C2=C(c3ccc(Br)cc3)C(c3ccc(OCCCCCCCCCCCCCC)cc3)=C2c2ccc(Br)cc2)cc1. The van der Waals surface area contributed by atoms with Crippen LogP contribution in [-0.4, -0.2) is 13.2 Å². The number of rotatable bonds is 32. The van der Waals surface area contributed by atoms with E-state index in [1.807, 2.05) is 0 Å². The van der Waals surface area contributed by atoms with Gasteiger partial charge in [0.15, 0.2) is 0 Å². The summed E-state index contributed by atoms with van der Waals surface area (Å²) in [4.78, 5) is 0. The van der Waals surface area contributed by atoms with E-state index in [9.17, 15) is 0 Å². The third-order valence-corrected chi connectivity index (χ3v) is 13.1. The van der Waals surface area contributed by atoms with Crippen molar-refractivity contribution in [2.75, 3.05) is 13.2 Å².